The number of nitrogens with zero attached hydrogens (tertiary/aromatic N) is 3. The van der Waals surface area contributed by atoms with E-state index in [1.165, 1.54) is 6.42 Å². The third-order valence-corrected chi connectivity index (χ3v) is 3.41. The Kier molecular flexibility index (Phi) is 3.10. The third-order valence-electron chi connectivity index (χ3n) is 3.10. The fraction of sp³-hybridized carbons (Fsp3) is 0.636. The Balaban J connectivity index is 2.23. The van der Waals surface area contributed by atoms with Crippen LogP contribution in [-0.2, 0) is 0 Å². The topological polar surface area (TPSA) is 29.0 Å². The maximum atomic E-state index is 6.00. The van der Waals surface area contributed by atoms with Gasteiger partial charge in [0.05, 0.1) is 0 Å². The molecule has 0 aliphatic carbocycles. The van der Waals surface area contributed by atoms with E-state index in [1.807, 2.05) is 19.2 Å². The zero-order chi connectivity index (χ0) is 10.8. The number of hydrogen-bond donors (Lipinski definition) is 0. The Labute approximate surface area is 95.5 Å². The number of hydrogen-bond acceptors (Lipinski definition) is 3. The normalized spacial score (nSPS) is 25.9. The summed E-state index contributed by atoms with van der Waals surface area (Å²) >= 11 is 6.00. The van der Waals surface area contributed by atoms with Crippen molar-refractivity contribution in [1.82, 2.24) is 9.97 Å². The van der Waals surface area contributed by atoms with E-state index >= 15 is 0 Å². The minimum atomic E-state index is 0.418. The van der Waals surface area contributed by atoms with Crippen molar-refractivity contribution in [3.05, 3.63) is 18.1 Å². The summed E-state index contributed by atoms with van der Waals surface area (Å²) < 4.78 is 0. The first-order chi connectivity index (χ1) is 7.22. The second-order valence-corrected chi connectivity index (χ2v) is 4.45. The van der Waals surface area contributed by atoms with Gasteiger partial charge in [-0.3, -0.25) is 0 Å². The van der Waals surface area contributed by atoms with Crippen molar-refractivity contribution in [1.29, 1.82) is 0 Å². The zero-order valence-electron chi connectivity index (χ0n) is 9.15. The smallest absolute Gasteiger partial charge is 0.132 e. The molecule has 1 aliphatic rings. The molecule has 0 radical (unpaired) electrons. The lowest BCUT2D eigenvalue weighted by Gasteiger charge is -2.26. The number of anilines is 1. The largest absolute Gasteiger partial charge is 0.352 e. The van der Waals surface area contributed by atoms with Gasteiger partial charge in [-0.05, 0) is 25.3 Å². The van der Waals surface area contributed by atoms with Gasteiger partial charge < -0.3 is 4.90 Å². The average molecular weight is 226 g/mol. The van der Waals surface area contributed by atoms with Gasteiger partial charge in [0.15, 0.2) is 0 Å². The predicted molar refractivity (Wildman–Crippen MR) is 62.4 cm³/mol. The summed E-state index contributed by atoms with van der Waals surface area (Å²) in [6.07, 6.45) is 3.01. The standard InChI is InChI=1S/C11H16ClN3/c1-8-4-6-15(10(8)7-12)11-3-5-13-9(2)14-11/h3,5,8,10H,4,6-7H2,1-2H3. The second-order valence-electron chi connectivity index (χ2n) is 4.14. The van der Waals surface area contributed by atoms with E-state index in [1.54, 1.807) is 0 Å². The van der Waals surface area contributed by atoms with Crippen molar-refractivity contribution in [2.75, 3.05) is 17.3 Å². The lowest BCUT2D eigenvalue weighted by atomic mass is 10.1. The lowest BCUT2D eigenvalue weighted by molar-refractivity contribution is 0.548. The summed E-state index contributed by atoms with van der Waals surface area (Å²) in [5.74, 6) is 3.15. The fourth-order valence-electron chi connectivity index (χ4n) is 2.13. The highest BCUT2D eigenvalue weighted by molar-refractivity contribution is 6.18. The van der Waals surface area contributed by atoms with Crippen molar-refractivity contribution >= 4 is 17.4 Å². The summed E-state index contributed by atoms with van der Waals surface area (Å²) in [6.45, 7) is 5.22. The van der Waals surface area contributed by atoms with Gasteiger partial charge >= 0.3 is 0 Å². The maximum absolute atomic E-state index is 6.00. The molecule has 0 saturated carbocycles. The van der Waals surface area contributed by atoms with Crippen LogP contribution in [0.5, 0.6) is 0 Å². The molecule has 2 unspecified atom stereocenters. The van der Waals surface area contributed by atoms with Crippen LogP contribution in [0.3, 0.4) is 0 Å². The molecule has 2 rings (SSSR count). The number of aromatic nitrogens is 2. The Morgan fingerprint density at radius 1 is 1.60 bits per heavy atom. The molecule has 82 valence electrons. The molecule has 1 saturated heterocycles. The number of halogens is 1. The molecular weight excluding hydrogens is 210 g/mol. The van der Waals surface area contributed by atoms with Gasteiger partial charge in [-0.2, -0.15) is 0 Å². The minimum absolute atomic E-state index is 0.418. The molecule has 1 aromatic rings. The Morgan fingerprint density at radius 3 is 3.07 bits per heavy atom. The summed E-state index contributed by atoms with van der Waals surface area (Å²) in [6, 6.07) is 2.38. The van der Waals surface area contributed by atoms with Crippen LogP contribution in [0.15, 0.2) is 12.3 Å². The van der Waals surface area contributed by atoms with E-state index in [0.29, 0.717) is 17.8 Å². The van der Waals surface area contributed by atoms with Crippen LogP contribution < -0.4 is 4.90 Å². The molecule has 15 heavy (non-hydrogen) atoms. The van der Waals surface area contributed by atoms with Gasteiger partial charge in [-0.15, -0.1) is 11.6 Å². The van der Waals surface area contributed by atoms with Crippen LogP contribution in [0, 0.1) is 12.8 Å². The number of rotatable bonds is 2. The number of alkyl halides is 1. The van der Waals surface area contributed by atoms with Gasteiger partial charge in [-0.25, -0.2) is 9.97 Å². The van der Waals surface area contributed by atoms with E-state index in [9.17, 15) is 0 Å². The van der Waals surface area contributed by atoms with Crippen molar-refractivity contribution in [2.24, 2.45) is 5.92 Å². The minimum Gasteiger partial charge on any atom is -0.352 e. The molecule has 0 amide bonds. The van der Waals surface area contributed by atoms with Gasteiger partial charge in [0.2, 0.25) is 0 Å². The maximum Gasteiger partial charge on any atom is 0.132 e. The van der Waals surface area contributed by atoms with Crippen LogP contribution in [0.1, 0.15) is 19.2 Å². The molecule has 0 aromatic carbocycles. The highest BCUT2D eigenvalue weighted by Crippen LogP contribution is 2.28. The van der Waals surface area contributed by atoms with Crippen molar-refractivity contribution in [3.63, 3.8) is 0 Å². The lowest BCUT2D eigenvalue weighted by Crippen LogP contribution is -2.34. The molecule has 4 heteroatoms. The summed E-state index contributed by atoms with van der Waals surface area (Å²) in [5.41, 5.74) is 0. The summed E-state index contributed by atoms with van der Waals surface area (Å²) in [5, 5.41) is 0. The van der Waals surface area contributed by atoms with Gasteiger partial charge in [0.1, 0.15) is 11.6 Å². The van der Waals surface area contributed by atoms with Gasteiger partial charge in [0, 0.05) is 24.7 Å². The zero-order valence-corrected chi connectivity index (χ0v) is 9.91. The summed E-state index contributed by atoms with van der Waals surface area (Å²) in [4.78, 5) is 10.9. The predicted octanol–water partition coefficient (Wildman–Crippen LogP) is 2.24. The highest BCUT2D eigenvalue weighted by Gasteiger charge is 2.31. The molecule has 1 aromatic heterocycles. The molecule has 0 N–H and O–H groups in total. The average Bonchev–Trinajstić information content (AvgIpc) is 2.59. The van der Waals surface area contributed by atoms with Crippen LogP contribution in [0.2, 0.25) is 0 Å². The van der Waals surface area contributed by atoms with E-state index in [-0.39, 0.29) is 0 Å². The quantitative estimate of drug-likeness (QED) is 0.723. The van der Waals surface area contributed by atoms with Crippen LogP contribution in [0.4, 0.5) is 5.82 Å². The Bertz CT molecular complexity index is 342. The SMILES string of the molecule is Cc1nccc(N2CCC(C)C2CCl)n1. The number of aryl methyl sites for hydroxylation is 1. The summed E-state index contributed by atoms with van der Waals surface area (Å²) in [7, 11) is 0. The van der Waals surface area contributed by atoms with E-state index in [2.05, 4.69) is 21.8 Å². The third kappa shape index (κ3) is 2.07. The highest BCUT2D eigenvalue weighted by atomic mass is 35.5. The molecule has 0 bridgehead atoms. The van der Waals surface area contributed by atoms with Crippen LogP contribution in [0.25, 0.3) is 0 Å². The van der Waals surface area contributed by atoms with E-state index in [4.69, 9.17) is 11.6 Å². The van der Waals surface area contributed by atoms with Gasteiger partial charge in [0.25, 0.3) is 0 Å². The van der Waals surface area contributed by atoms with Gasteiger partial charge in [-0.1, -0.05) is 6.92 Å². The molecule has 0 spiro atoms. The second kappa shape index (κ2) is 4.35. The fourth-order valence-corrected chi connectivity index (χ4v) is 2.60. The van der Waals surface area contributed by atoms with E-state index in [0.717, 1.165) is 18.2 Å². The Hall–Kier alpha value is -0.830. The van der Waals surface area contributed by atoms with Crippen LogP contribution >= 0.6 is 11.6 Å². The van der Waals surface area contributed by atoms with Crippen molar-refractivity contribution in [3.8, 4) is 0 Å². The molecule has 1 aliphatic heterocycles. The molecule has 1 fully saturated rings. The first kappa shape index (κ1) is 10.7. The van der Waals surface area contributed by atoms with Crippen molar-refractivity contribution < 1.29 is 0 Å². The molecule has 3 nitrogen and oxygen atoms in total. The first-order valence-electron chi connectivity index (χ1n) is 5.34. The Morgan fingerprint density at radius 2 is 2.40 bits per heavy atom. The monoisotopic (exact) mass is 225 g/mol. The van der Waals surface area contributed by atoms with Crippen molar-refractivity contribution in [2.45, 2.75) is 26.3 Å². The molecule has 2 atom stereocenters. The van der Waals surface area contributed by atoms with E-state index < -0.39 is 0 Å². The molecule has 2 heterocycles. The molecular formula is C11H16ClN3. The van der Waals surface area contributed by atoms with Crippen LogP contribution in [-0.4, -0.2) is 28.4 Å². The first-order valence-corrected chi connectivity index (χ1v) is 5.88.